The van der Waals surface area contributed by atoms with E-state index >= 15 is 0 Å². The maximum Gasteiger partial charge on any atom is 0.225 e. The van der Waals surface area contributed by atoms with E-state index in [9.17, 15) is 13.2 Å². The summed E-state index contributed by atoms with van der Waals surface area (Å²) in [6.45, 7) is 0.927. The normalized spacial score (nSPS) is 26.9. The quantitative estimate of drug-likeness (QED) is 0.837. The number of rotatable bonds is 2. The summed E-state index contributed by atoms with van der Waals surface area (Å²) in [6, 6.07) is 3.76. The van der Waals surface area contributed by atoms with Crippen molar-refractivity contribution in [2.45, 2.75) is 24.5 Å². The third-order valence-electron chi connectivity index (χ3n) is 3.84. The molecule has 1 aromatic heterocycles. The third kappa shape index (κ3) is 2.69. The zero-order valence-electron chi connectivity index (χ0n) is 10.6. The van der Waals surface area contributed by atoms with Gasteiger partial charge < -0.3 is 4.90 Å². The van der Waals surface area contributed by atoms with Gasteiger partial charge in [0.15, 0.2) is 9.84 Å². The molecule has 104 valence electrons. The number of thiophene rings is 1. The van der Waals surface area contributed by atoms with Crippen molar-refractivity contribution in [1.29, 1.82) is 0 Å². The van der Waals surface area contributed by atoms with Crippen LogP contribution in [0.3, 0.4) is 0 Å². The molecule has 6 heteroatoms. The molecule has 0 aromatic carbocycles. The second kappa shape index (κ2) is 4.90. The van der Waals surface area contributed by atoms with Gasteiger partial charge in [-0.15, -0.1) is 11.3 Å². The summed E-state index contributed by atoms with van der Waals surface area (Å²) in [5, 5.41) is 1.48. The highest BCUT2D eigenvalue weighted by molar-refractivity contribution is 7.91. The van der Waals surface area contributed by atoms with E-state index in [0.29, 0.717) is 19.5 Å². The number of carbonyl (C=O) groups excluding carboxylic acids is 1. The van der Waals surface area contributed by atoms with E-state index in [4.69, 9.17) is 0 Å². The topological polar surface area (TPSA) is 54.5 Å². The Morgan fingerprint density at radius 2 is 2.05 bits per heavy atom. The van der Waals surface area contributed by atoms with Gasteiger partial charge in [-0.3, -0.25) is 4.79 Å². The molecule has 0 spiro atoms. The molecule has 4 nitrogen and oxygen atoms in total. The van der Waals surface area contributed by atoms with E-state index in [2.05, 4.69) is 0 Å². The van der Waals surface area contributed by atoms with E-state index in [1.165, 1.54) is 11.3 Å². The summed E-state index contributed by atoms with van der Waals surface area (Å²) in [4.78, 5) is 14.7. The maximum absolute atomic E-state index is 12.3. The molecule has 2 aliphatic rings. The van der Waals surface area contributed by atoms with Gasteiger partial charge in [-0.25, -0.2) is 8.42 Å². The van der Waals surface area contributed by atoms with Crippen molar-refractivity contribution in [2.75, 3.05) is 18.8 Å². The Morgan fingerprint density at radius 1 is 1.26 bits per heavy atom. The Labute approximate surface area is 117 Å². The van der Waals surface area contributed by atoms with Crippen LogP contribution in [0, 0.1) is 5.92 Å². The standard InChI is InChI=1S/C13H17NO3S2/c15-13(10-3-4-10)14-6-5-12(11-2-1-8-18-11)19(16,17)9-7-14/h1-2,8,10,12H,3-7,9H2. The van der Waals surface area contributed by atoms with E-state index in [1.807, 2.05) is 17.5 Å². The van der Waals surface area contributed by atoms with E-state index in [0.717, 1.165) is 17.7 Å². The van der Waals surface area contributed by atoms with Gasteiger partial charge in [0.1, 0.15) is 0 Å². The van der Waals surface area contributed by atoms with Crippen LogP contribution in [0.5, 0.6) is 0 Å². The van der Waals surface area contributed by atoms with Crippen LogP contribution in [0.15, 0.2) is 17.5 Å². The Hall–Kier alpha value is -0.880. The van der Waals surface area contributed by atoms with Crippen molar-refractivity contribution >= 4 is 27.1 Å². The molecule has 1 amide bonds. The zero-order valence-corrected chi connectivity index (χ0v) is 12.3. The molecule has 1 atom stereocenters. The third-order valence-corrected chi connectivity index (χ3v) is 7.08. The number of amides is 1. The molecule has 0 radical (unpaired) electrons. The summed E-state index contributed by atoms with van der Waals surface area (Å²) in [6.07, 6.45) is 2.47. The molecule has 1 unspecified atom stereocenters. The Morgan fingerprint density at radius 3 is 2.68 bits per heavy atom. The maximum atomic E-state index is 12.3. The highest BCUT2D eigenvalue weighted by Crippen LogP contribution is 2.35. The molecular weight excluding hydrogens is 282 g/mol. The fourth-order valence-corrected chi connectivity index (χ4v) is 5.55. The summed E-state index contributed by atoms with van der Waals surface area (Å²) < 4.78 is 24.6. The molecule has 1 saturated carbocycles. The lowest BCUT2D eigenvalue weighted by atomic mass is 10.2. The summed E-state index contributed by atoms with van der Waals surface area (Å²) in [5.74, 6) is 0.414. The Balaban J connectivity index is 1.79. The molecular formula is C13H17NO3S2. The summed E-state index contributed by atoms with van der Waals surface area (Å²) in [5.41, 5.74) is 0. The fourth-order valence-electron chi connectivity index (χ4n) is 2.55. The number of hydrogen-bond donors (Lipinski definition) is 0. The van der Waals surface area contributed by atoms with Gasteiger partial charge in [-0.2, -0.15) is 0 Å². The highest BCUT2D eigenvalue weighted by atomic mass is 32.2. The Bertz CT molecular complexity index is 561. The molecule has 0 bridgehead atoms. The molecule has 19 heavy (non-hydrogen) atoms. The zero-order chi connectivity index (χ0) is 13.5. The largest absolute Gasteiger partial charge is 0.341 e. The first-order valence-corrected chi connectivity index (χ1v) is 9.21. The summed E-state index contributed by atoms with van der Waals surface area (Å²) >= 11 is 1.49. The van der Waals surface area contributed by atoms with Crippen molar-refractivity contribution in [3.8, 4) is 0 Å². The molecule has 1 aliphatic carbocycles. The average molecular weight is 299 g/mol. The van der Waals surface area contributed by atoms with Crippen molar-refractivity contribution in [2.24, 2.45) is 5.92 Å². The lowest BCUT2D eigenvalue weighted by molar-refractivity contribution is -0.132. The number of nitrogens with zero attached hydrogens (tertiary/aromatic N) is 1. The van der Waals surface area contributed by atoms with Crippen LogP contribution in [0.1, 0.15) is 29.4 Å². The van der Waals surface area contributed by atoms with Gasteiger partial charge in [-0.1, -0.05) is 6.07 Å². The van der Waals surface area contributed by atoms with Gasteiger partial charge in [-0.05, 0) is 30.7 Å². The lowest BCUT2D eigenvalue weighted by Crippen LogP contribution is -2.34. The van der Waals surface area contributed by atoms with Gasteiger partial charge in [0.25, 0.3) is 0 Å². The molecule has 3 rings (SSSR count). The molecule has 2 fully saturated rings. The van der Waals surface area contributed by atoms with Crippen LogP contribution < -0.4 is 0 Å². The smallest absolute Gasteiger partial charge is 0.225 e. The number of sulfone groups is 1. The molecule has 1 saturated heterocycles. The van der Waals surface area contributed by atoms with E-state index < -0.39 is 15.1 Å². The van der Waals surface area contributed by atoms with Gasteiger partial charge in [0.05, 0.1) is 11.0 Å². The first-order chi connectivity index (χ1) is 9.08. The van der Waals surface area contributed by atoms with Gasteiger partial charge in [0, 0.05) is 23.9 Å². The molecule has 0 N–H and O–H groups in total. The van der Waals surface area contributed by atoms with E-state index in [1.54, 1.807) is 4.90 Å². The molecule has 1 aromatic rings. The van der Waals surface area contributed by atoms with Crippen LogP contribution in [-0.4, -0.2) is 38.1 Å². The SMILES string of the molecule is O=C(C1CC1)N1CCC(c2cccs2)S(=O)(=O)CC1. The minimum absolute atomic E-state index is 0.0913. The van der Waals surface area contributed by atoms with E-state index in [-0.39, 0.29) is 17.6 Å². The van der Waals surface area contributed by atoms with Crippen LogP contribution in [-0.2, 0) is 14.6 Å². The van der Waals surface area contributed by atoms with Gasteiger partial charge >= 0.3 is 0 Å². The lowest BCUT2D eigenvalue weighted by Gasteiger charge is -2.19. The van der Waals surface area contributed by atoms with Crippen molar-refractivity contribution in [1.82, 2.24) is 4.90 Å². The van der Waals surface area contributed by atoms with Crippen molar-refractivity contribution in [3.05, 3.63) is 22.4 Å². The first-order valence-electron chi connectivity index (χ1n) is 6.62. The summed E-state index contributed by atoms with van der Waals surface area (Å²) in [7, 11) is -3.14. The predicted octanol–water partition coefficient (Wildman–Crippen LogP) is 1.85. The monoisotopic (exact) mass is 299 g/mol. The average Bonchev–Trinajstić information content (AvgIpc) is 3.12. The van der Waals surface area contributed by atoms with Crippen molar-refractivity contribution < 1.29 is 13.2 Å². The fraction of sp³-hybridized carbons (Fsp3) is 0.615. The minimum atomic E-state index is -3.14. The highest BCUT2D eigenvalue weighted by Gasteiger charge is 2.37. The van der Waals surface area contributed by atoms with Crippen LogP contribution in [0.25, 0.3) is 0 Å². The number of carbonyl (C=O) groups is 1. The molecule has 1 aliphatic heterocycles. The van der Waals surface area contributed by atoms with Crippen LogP contribution in [0.2, 0.25) is 0 Å². The molecule has 2 heterocycles. The number of hydrogen-bond acceptors (Lipinski definition) is 4. The Kier molecular flexibility index (Phi) is 3.39. The first kappa shape index (κ1) is 13.1. The van der Waals surface area contributed by atoms with Crippen molar-refractivity contribution in [3.63, 3.8) is 0 Å². The second-order valence-electron chi connectivity index (χ2n) is 5.26. The van der Waals surface area contributed by atoms with Crippen LogP contribution in [0.4, 0.5) is 0 Å². The second-order valence-corrected chi connectivity index (χ2v) is 8.54. The predicted molar refractivity (Wildman–Crippen MR) is 74.8 cm³/mol. The van der Waals surface area contributed by atoms with Crippen LogP contribution >= 0.6 is 11.3 Å². The minimum Gasteiger partial charge on any atom is -0.341 e. The van der Waals surface area contributed by atoms with Gasteiger partial charge in [0.2, 0.25) is 5.91 Å².